The molecule has 0 radical (unpaired) electrons. The van der Waals surface area contributed by atoms with Gasteiger partial charge in [0.2, 0.25) is 0 Å². The lowest BCUT2D eigenvalue weighted by molar-refractivity contribution is 0.607. The summed E-state index contributed by atoms with van der Waals surface area (Å²) >= 11 is 0. The van der Waals surface area contributed by atoms with Gasteiger partial charge in [0.15, 0.2) is 5.03 Å². The maximum atomic E-state index is 11.0. The standard InChI is InChI=1S/C8H6ClN3O2S/c9-15(13,14)8-5-12(6-11-8)7-1-3-10-4-2-7/h1-6H. The highest BCUT2D eigenvalue weighted by Gasteiger charge is 2.13. The van der Waals surface area contributed by atoms with E-state index in [9.17, 15) is 8.42 Å². The minimum absolute atomic E-state index is 0.166. The fourth-order valence-corrected chi connectivity index (χ4v) is 1.74. The molecule has 0 spiro atoms. The number of nitrogens with zero attached hydrogens (tertiary/aromatic N) is 3. The minimum Gasteiger partial charge on any atom is -0.305 e. The first-order valence-electron chi connectivity index (χ1n) is 3.96. The number of aromatic nitrogens is 3. The van der Waals surface area contributed by atoms with E-state index in [-0.39, 0.29) is 5.03 Å². The van der Waals surface area contributed by atoms with Crippen molar-refractivity contribution in [3.8, 4) is 5.69 Å². The molecule has 7 heteroatoms. The fourth-order valence-electron chi connectivity index (χ4n) is 1.09. The summed E-state index contributed by atoms with van der Waals surface area (Å²) in [5, 5.41) is -0.166. The predicted octanol–water partition coefficient (Wildman–Crippen LogP) is 1.19. The van der Waals surface area contributed by atoms with Crippen LogP contribution in [0.5, 0.6) is 0 Å². The molecule has 0 bridgehead atoms. The van der Waals surface area contributed by atoms with Crippen molar-refractivity contribution in [2.75, 3.05) is 0 Å². The Morgan fingerprint density at radius 2 is 1.93 bits per heavy atom. The van der Waals surface area contributed by atoms with Crippen LogP contribution in [0.25, 0.3) is 5.69 Å². The van der Waals surface area contributed by atoms with E-state index < -0.39 is 9.05 Å². The van der Waals surface area contributed by atoms with Crippen molar-refractivity contribution < 1.29 is 8.42 Å². The van der Waals surface area contributed by atoms with Crippen molar-refractivity contribution in [2.45, 2.75) is 5.03 Å². The molecule has 0 N–H and O–H groups in total. The lowest BCUT2D eigenvalue weighted by atomic mass is 10.4. The van der Waals surface area contributed by atoms with Crippen LogP contribution >= 0.6 is 10.7 Å². The molecule has 0 atom stereocenters. The molecule has 0 aliphatic heterocycles. The maximum absolute atomic E-state index is 11.0. The number of halogens is 1. The zero-order chi connectivity index (χ0) is 10.9. The van der Waals surface area contributed by atoms with Gasteiger partial charge in [-0.3, -0.25) is 4.98 Å². The van der Waals surface area contributed by atoms with Gasteiger partial charge in [-0.15, -0.1) is 0 Å². The Bertz CT molecular complexity index is 565. The highest BCUT2D eigenvalue weighted by molar-refractivity contribution is 8.13. The van der Waals surface area contributed by atoms with Crippen molar-refractivity contribution in [1.29, 1.82) is 0 Å². The Kier molecular flexibility index (Phi) is 2.45. The summed E-state index contributed by atoms with van der Waals surface area (Å²) in [7, 11) is 1.38. The Balaban J connectivity index is 2.46. The van der Waals surface area contributed by atoms with Gasteiger partial charge in [0.05, 0.1) is 0 Å². The summed E-state index contributed by atoms with van der Waals surface area (Å²) in [6.45, 7) is 0. The highest BCUT2D eigenvalue weighted by atomic mass is 35.7. The molecule has 0 fully saturated rings. The van der Waals surface area contributed by atoms with Crippen LogP contribution in [0.1, 0.15) is 0 Å². The molecule has 0 unspecified atom stereocenters. The Morgan fingerprint density at radius 3 is 2.47 bits per heavy atom. The molecule has 2 rings (SSSR count). The summed E-state index contributed by atoms with van der Waals surface area (Å²) in [6.07, 6.45) is 5.93. The third kappa shape index (κ3) is 2.16. The van der Waals surface area contributed by atoms with Gasteiger partial charge in [0.25, 0.3) is 9.05 Å². The zero-order valence-corrected chi connectivity index (χ0v) is 8.98. The van der Waals surface area contributed by atoms with E-state index in [4.69, 9.17) is 10.7 Å². The zero-order valence-electron chi connectivity index (χ0n) is 7.41. The molecule has 2 aromatic heterocycles. The van der Waals surface area contributed by atoms with E-state index in [1.54, 1.807) is 29.1 Å². The first kappa shape index (κ1) is 10.1. The highest BCUT2D eigenvalue weighted by Crippen LogP contribution is 2.14. The third-order valence-corrected chi connectivity index (χ3v) is 2.95. The molecule has 2 heterocycles. The van der Waals surface area contributed by atoms with Crippen LogP contribution in [0, 0.1) is 0 Å². The molecule has 0 amide bonds. The van der Waals surface area contributed by atoms with Crippen LogP contribution in [0.4, 0.5) is 0 Å². The summed E-state index contributed by atoms with van der Waals surface area (Å²) in [4.78, 5) is 7.53. The number of hydrogen-bond acceptors (Lipinski definition) is 4. The topological polar surface area (TPSA) is 64.8 Å². The van der Waals surface area contributed by atoms with E-state index >= 15 is 0 Å². The van der Waals surface area contributed by atoms with E-state index in [2.05, 4.69) is 9.97 Å². The van der Waals surface area contributed by atoms with Crippen LogP contribution in [-0.2, 0) is 9.05 Å². The van der Waals surface area contributed by atoms with Crippen molar-refractivity contribution >= 4 is 19.7 Å². The average Bonchev–Trinajstić information content (AvgIpc) is 2.67. The van der Waals surface area contributed by atoms with Crippen LogP contribution < -0.4 is 0 Å². The molecule has 0 aliphatic carbocycles. The van der Waals surface area contributed by atoms with Crippen molar-refractivity contribution in [3.05, 3.63) is 37.1 Å². The van der Waals surface area contributed by atoms with Crippen molar-refractivity contribution in [1.82, 2.24) is 14.5 Å². The second-order valence-electron chi connectivity index (χ2n) is 2.76. The lowest BCUT2D eigenvalue weighted by Crippen LogP contribution is -1.91. The molecule has 78 valence electrons. The lowest BCUT2D eigenvalue weighted by Gasteiger charge is -1.98. The summed E-state index contributed by atoms with van der Waals surface area (Å²) in [5.41, 5.74) is 0.768. The molecule has 0 aliphatic rings. The van der Waals surface area contributed by atoms with E-state index in [1.165, 1.54) is 12.5 Å². The summed E-state index contributed by atoms with van der Waals surface area (Å²) in [6, 6.07) is 3.46. The molecule has 2 aromatic rings. The Hall–Kier alpha value is -1.40. The van der Waals surface area contributed by atoms with Crippen molar-refractivity contribution in [3.63, 3.8) is 0 Å². The van der Waals surface area contributed by atoms with Gasteiger partial charge >= 0.3 is 0 Å². The van der Waals surface area contributed by atoms with Crippen LogP contribution in [-0.4, -0.2) is 23.0 Å². The molecule has 15 heavy (non-hydrogen) atoms. The monoisotopic (exact) mass is 243 g/mol. The smallest absolute Gasteiger partial charge is 0.280 e. The van der Waals surface area contributed by atoms with E-state index in [0.29, 0.717) is 0 Å². The van der Waals surface area contributed by atoms with Gasteiger partial charge in [0, 0.05) is 35.0 Å². The van der Waals surface area contributed by atoms with Gasteiger partial charge in [-0.1, -0.05) is 0 Å². The normalized spacial score (nSPS) is 11.5. The summed E-state index contributed by atoms with van der Waals surface area (Å²) < 4.78 is 23.5. The Morgan fingerprint density at radius 1 is 1.27 bits per heavy atom. The molecule has 5 nitrogen and oxygen atoms in total. The summed E-state index contributed by atoms with van der Waals surface area (Å²) in [5.74, 6) is 0. The van der Waals surface area contributed by atoms with Gasteiger partial charge in [0.1, 0.15) is 6.33 Å². The van der Waals surface area contributed by atoms with Gasteiger partial charge in [-0.2, -0.15) is 0 Å². The molecule has 0 saturated carbocycles. The number of rotatable bonds is 2. The fraction of sp³-hybridized carbons (Fsp3) is 0. The van der Waals surface area contributed by atoms with E-state index in [0.717, 1.165) is 5.69 Å². The van der Waals surface area contributed by atoms with Crippen LogP contribution in [0.2, 0.25) is 0 Å². The van der Waals surface area contributed by atoms with Crippen molar-refractivity contribution in [2.24, 2.45) is 0 Å². The predicted molar refractivity (Wildman–Crippen MR) is 54.4 cm³/mol. The Labute approximate surface area is 90.8 Å². The molecular weight excluding hydrogens is 238 g/mol. The largest absolute Gasteiger partial charge is 0.305 e. The average molecular weight is 244 g/mol. The number of imidazole rings is 1. The second-order valence-corrected chi connectivity index (χ2v) is 5.28. The number of hydrogen-bond donors (Lipinski definition) is 0. The molecule has 0 aromatic carbocycles. The van der Waals surface area contributed by atoms with Gasteiger partial charge < -0.3 is 4.57 Å². The first-order valence-corrected chi connectivity index (χ1v) is 6.27. The van der Waals surface area contributed by atoms with Crippen LogP contribution in [0.3, 0.4) is 0 Å². The quantitative estimate of drug-likeness (QED) is 0.744. The SMILES string of the molecule is O=S(=O)(Cl)c1cn(-c2ccncc2)cn1. The van der Waals surface area contributed by atoms with Gasteiger partial charge in [-0.05, 0) is 12.1 Å². The first-order chi connectivity index (χ1) is 7.07. The maximum Gasteiger partial charge on any atom is 0.280 e. The van der Waals surface area contributed by atoms with Crippen LogP contribution in [0.15, 0.2) is 42.1 Å². The van der Waals surface area contributed by atoms with Gasteiger partial charge in [-0.25, -0.2) is 13.4 Å². The third-order valence-electron chi connectivity index (χ3n) is 1.77. The molecular formula is C8H6ClN3O2S. The number of pyridine rings is 1. The molecule has 0 saturated heterocycles. The minimum atomic E-state index is -3.77. The van der Waals surface area contributed by atoms with E-state index in [1.807, 2.05) is 0 Å². The second kappa shape index (κ2) is 3.63.